The van der Waals surface area contributed by atoms with Gasteiger partial charge >= 0.3 is 0 Å². The van der Waals surface area contributed by atoms with Crippen molar-refractivity contribution in [2.24, 2.45) is 17.6 Å². The summed E-state index contributed by atoms with van der Waals surface area (Å²) in [6.07, 6.45) is 7.97. The van der Waals surface area contributed by atoms with E-state index in [4.69, 9.17) is 10.5 Å². The van der Waals surface area contributed by atoms with E-state index in [1.54, 1.807) is 7.11 Å². The molecular formula is C14H28N2O. The molecule has 2 aliphatic rings. The molecule has 0 heterocycles. The van der Waals surface area contributed by atoms with E-state index in [-0.39, 0.29) is 0 Å². The van der Waals surface area contributed by atoms with E-state index in [9.17, 15) is 0 Å². The van der Waals surface area contributed by atoms with Crippen LogP contribution in [0.1, 0.15) is 38.5 Å². The summed E-state index contributed by atoms with van der Waals surface area (Å²) >= 11 is 0. The van der Waals surface area contributed by atoms with E-state index in [0.29, 0.717) is 6.04 Å². The molecule has 0 aromatic rings. The van der Waals surface area contributed by atoms with Crippen molar-refractivity contribution in [3.63, 3.8) is 0 Å². The summed E-state index contributed by atoms with van der Waals surface area (Å²) in [5.74, 6) is 1.97. The molecule has 0 amide bonds. The first-order valence-electron chi connectivity index (χ1n) is 7.24. The van der Waals surface area contributed by atoms with Gasteiger partial charge in [-0.25, -0.2) is 0 Å². The fourth-order valence-electron chi connectivity index (χ4n) is 2.47. The number of methoxy groups -OCH3 is 1. The molecule has 0 spiro atoms. The third kappa shape index (κ3) is 5.84. The van der Waals surface area contributed by atoms with Crippen molar-refractivity contribution >= 4 is 0 Å². The molecule has 1 unspecified atom stereocenters. The van der Waals surface area contributed by atoms with Crippen LogP contribution in [0.25, 0.3) is 0 Å². The van der Waals surface area contributed by atoms with Crippen molar-refractivity contribution in [1.82, 2.24) is 4.90 Å². The smallest absolute Gasteiger partial charge is 0.0462 e. The minimum Gasteiger partial charge on any atom is -0.385 e. The number of rotatable bonds is 10. The Morgan fingerprint density at radius 2 is 1.76 bits per heavy atom. The first kappa shape index (κ1) is 13.3. The highest BCUT2D eigenvalue weighted by Gasteiger charge is 2.29. The van der Waals surface area contributed by atoms with Crippen LogP contribution >= 0.6 is 0 Å². The molecule has 2 rings (SSSR count). The zero-order chi connectivity index (χ0) is 12.1. The molecule has 0 aromatic carbocycles. The molecule has 3 nitrogen and oxygen atoms in total. The lowest BCUT2D eigenvalue weighted by Gasteiger charge is -2.25. The highest BCUT2D eigenvalue weighted by atomic mass is 16.5. The van der Waals surface area contributed by atoms with Crippen LogP contribution in [-0.2, 0) is 4.74 Å². The summed E-state index contributed by atoms with van der Waals surface area (Å²) in [6, 6.07) is 0.336. The van der Waals surface area contributed by atoms with Crippen LogP contribution in [0.4, 0.5) is 0 Å². The van der Waals surface area contributed by atoms with Gasteiger partial charge in [0.1, 0.15) is 0 Å². The van der Waals surface area contributed by atoms with Gasteiger partial charge < -0.3 is 15.4 Å². The van der Waals surface area contributed by atoms with Gasteiger partial charge in [0.05, 0.1) is 0 Å². The summed E-state index contributed by atoms with van der Waals surface area (Å²) in [6.45, 7) is 4.54. The van der Waals surface area contributed by atoms with Crippen molar-refractivity contribution in [3.8, 4) is 0 Å². The second kappa shape index (κ2) is 6.72. The minimum atomic E-state index is 0.336. The molecule has 1 atom stereocenters. The van der Waals surface area contributed by atoms with Gasteiger partial charge in [0.15, 0.2) is 0 Å². The maximum atomic E-state index is 6.21. The van der Waals surface area contributed by atoms with E-state index in [0.717, 1.165) is 37.8 Å². The average Bonchev–Trinajstić information content (AvgIpc) is 3.14. The molecule has 2 aliphatic carbocycles. The summed E-state index contributed by atoms with van der Waals surface area (Å²) < 4.78 is 5.08. The predicted octanol–water partition coefficient (Wildman–Crippen LogP) is 1.86. The number of nitrogens with zero attached hydrogens (tertiary/aromatic N) is 1. The second-order valence-electron chi connectivity index (χ2n) is 6.00. The minimum absolute atomic E-state index is 0.336. The molecule has 3 heteroatoms. The molecule has 2 saturated carbocycles. The third-order valence-electron chi connectivity index (χ3n) is 3.84. The second-order valence-corrected chi connectivity index (χ2v) is 6.00. The van der Waals surface area contributed by atoms with Gasteiger partial charge in [0.25, 0.3) is 0 Å². The number of nitrogens with two attached hydrogens (primary N) is 1. The van der Waals surface area contributed by atoms with Crippen LogP contribution in [0.2, 0.25) is 0 Å². The van der Waals surface area contributed by atoms with Crippen LogP contribution in [0.15, 0.2) is 0 Å². The average molecular weight is 240 g/mol. The Kier molecular flexibility index (Phi) is 5.26. The van der Waals surface area contributed by atoms with E-state index in [1.807, 2.05) is 0 Å². The summed E-state index contributed by atoms with van der Waals surface area (Å²) in [5, 5.41) is 0. The fourth-order valence-corrected chi connectivity index (χ4v) is 2.47. The quantitative estimate of drug-likeness (QED) is 0.592. The fraction of sp³-hybridized carbons (Fsp3) is 1.00. The maximum absolute atomic E-state index is 6.21. The lowest BCUT2D eigenvalue weighted by Crippen LogP contribution is -2.39. The number of hydrogen-bond acceptors (Lipinski definition) is 3. The molecule has 0 saturated heterocycles. The van der Waals surface area contributed by atoms with Gasteiger partial charge in [-0.2, -0.15) is 0 Å². The highest BCUT2D eigenvalue weighted by Crippen LogP contribution is 2.33. The van der Waals surface area contributed by atoms with Crippen molar-refractivity contribution in [2.45, 2.75) is 44.6 Å². The van der Waals surface area contributed by atoms with Crippen molar-refractivity contribution < 1.29 is 4.74 Å². The zero-order valence-electron chi connectivity index (χ0n) is 11.2. The number of ether oxygens (including phenoxy) is 1. The lowest BCUT2D eigenvalue weighted by atomic mass is 10.1. The van der Waals surface area contributed by atoms with Crippen LogP contribution in [0.3, 0.4) is 0 Å². The van der Waals surface area contributed by atoms with Crippen LogP contribution in [-0.4, -0.2) is 44.3 Å². The Morgan fingerprint density at radius 3 is 2.24 bits per heavy atom. The predicted molar refractivity (Wildman–Crippen MR) is 71.0 cm³/mol. The van der Waals surface area contributed by atoms with E-state index >= 15 is 0 Å². The van der Waals surface area contributed by atoms with Crippen molar-refractivity contribution in [1.29, 1.82) is 0 Å². The van der Waals surface area contributed by atoms with E-state index < -0.39 is 0 Å². The first-order valence-corrected chi connectivity index (χ1v) is 7.24. The number of hydrogen-bond donors (Lipinski definition) is 1. The van der Waals surface area contributed by atoms with Crippen molar-refractivity contribution in [3.05, 3.63) is 0 Å². The largest absolute Gasteiger partial charge is 0.385 e. The summed E-state index contributed by atoms with van der Waals surface area (Å²) in [4.78, 5) is 2.63. The molecule has 17 heavy (non-hydrogen) atoms. The standard InChI is InChI=1S/C14H28N2O/c1-17-8-2-3-14(15)11-16(9-12-4-5-12)10-13-6-7-13/h12-14H,2-11,15H2,1H3. The molecule has 100 valence electrons. The topological polar surface area (TPSA) is 38.5 Å². The molecule has 0 radical (unpaired) electrons. The summed E-state index contributed by atoms with van der Waals surface area (Å²) in [5.41, 5.74) is 6.21. The summed E-state index contributed by atoms with van der Waals surface area (Å²) in [7, 11) is 1.76. The van der Waals surface area contributed by atoms with Crippen molar-refractivity contribution in [2.75, 3.05) is 33.4 Å². The van der Waals surface area contributed by atoms with E-state index in [2.05, 4.69) is 4.90 Å². The monoisotopic (exact) mass is 240 g/mol. The molecule has 2 N–H and O–H groups in total. The third-order valence-corrected chi connectivity index (χ3v) is 3.84. The van der Waals surface area contributed by atoms with Gasteiger partial charge in [0.2, 0.25) is 0 Å². The lowest BCUT2D eigenvalue weighted by molar-refractivity contribution is 0.183. The Balaban J connectivity index is 1.62. The molecule has 0 aliphatic heterocycles. The Hall–Kier alpha value is -0.120. The molecule has 0 aromatic heterocycles. The van der Waals surface area contributed by atoms with Gasteiger partial charge in [-0.05, 0) is 50.4 Å². The van der Waals surface area contributed by atoms with E-state index in [1.165, 1.54) is 38.8 Å². The van der Waals surface area contributed by atoms with Gasteiger partial charge in [0, 0.05) is 39.4 Å². The molecule has 2 fully saturated rings. The van der Waals surface area contributed by atoms with Crippen LogP contribution in [0, 0.1) is 11.8 Å². The SMILES string of the molecule is COCCCC(N)CN(CC1CC1)CC1CC1. The van der Waals surface area contributed by atoms with Gasteiger partial charge in [-0.3, -0.25) is 0 Å². The zero-order valence-corrected chi connectivity index (χ0v) is 11.2. The van der Waals surface area contributed by atoms with Gasteiger partial charge in [-0.15, -0.1) is 0 Å². The Labute approximate surface area is 106 Å². The first-order chi connectivity index (χ1) is 8.28. The highest BCUT2D eigenvalue weighted by molar-refractivity contribution is 4.83. The van der Waals surface area contributed by atoms with Gasteiger partial charge in [-0.1, -0.05) is 0 Å². The molecule has 0 bridgehead atoms. The Bertz CT molecular complexity index is 200. The maximum Gasteiger partial charge on any atom is 0.0462 e. The van der Waals surface area contributed by atoms with Crippen LogP contribution < -0.4 is 5.73 Å². The van der Waals surface area contributed by atoms with Crippen LogP contribution in [0.5, 0.6) is 0 Å². The normalized spacial score (nSPS) is 22.1. The molecular weight excluding hydrogens is 212 g/mol. The Morgan fingerprint density at radius 1 is 1.18 bits per heavy atom.